The van der Waals surface area contributed by atoms with Crippen LogP contribution in [0.25, 0.3) is 0 Å². The summed E-state index contributed by atoms with van der Waals surface area (Å²) < 4.78 is 11.3. The van der Waals surface area contributed by atoms with Gasteiger partial charge in [0.05, 0.1) is 22.3 Å². The smallest absolute Gasteiger partial charge is 0.407 e. The number of hydrogen-bond acceptors (Lipinski definition) is 5. The lowest BCUT2D eigenvalue weighted by molar-refractivity contribution is -0.134. The number of carbonyl (C=O) groups is 3. The number of halogens is 1. The van der Waals surface area contributed by atoms with Gasteiger partial charge in [-0.2, -0.15) is 0 Å². The highest BCUT2D eigenvalue weighted by molar-refractivity contribution is 6.34. The fourth-order valence-electron chi connectivity index (χ4n) is 4.81. The van der Waals surface area contributed by atoms with Crippen LogP contribution in [0.4, 0.5) is 10.5 Å². The van der Waals surface area contributed by atoms with Gasteiger partial charge in [-0.1, -0.05) is 18.5 Å². The lowest BCUT2D eigenvalue weighted by Gasteiger charge is -2.42. The Bertz CT molecular complexity index is 971. The van der Waals surface area contributed by atoms with E-state index in [1.165, 1.54) is 4.90 Å². The van der Waals surface area contributed by atoms with Gasteiger partial charge in [-0.25, -0.2) is 4.79 Å². The fourth-order valence-corrected chi connectivity index (χ4v) is 5.04. The number of anilines is 1. The van der Waals surface area contributed by atoms with Crippen molar-refractivity contribution in [1.82, 2.24) is 9.80 Å². The van der Waals surface area contributed by atoms with E-state index in [9.17, 15) is 19.5 Å². The number of rotatable bonds is 8. The van der Waals surface area contributed by atoms with Gasteiger partial charge in [-0.3, -0.25) is 9.59 Å². The van der Waals surface area contributed by atoms with Gasteiger partial charge in [0.1, 0.15) is 5.75 Å². The third-order valence-electron chi connectivity index (χ3n) is 6.86. The summed E-state index contributed by atoms with van der Waals surface area (Å²) in [6.45, 7) is 9.07. The zero-order valence-corrected chi connectivity index (χ0v) is 21.9. The van der Waals surface area contributed by atoms with Crippen molar-refractivity contribution in [1.29, 1.82) is 0 Å². The van der Waals surface area contributed by atoms with E-state index in [0.29, 0.717) is 56.8 Å². The van der Waals surface area contributed by atoms with Crippen molar-refractivity contribution in [3.63, 3.8) is 0 Å². The molecule has 1 saturated heterocycles. The third-order valence-corrected chi connectivity index (χ3v) is 7.17. The molecule has 194 valence electrons. The predicted molar refractivity (Wildman–Crippen MR) is 134 cm³/mol. The normalized spacial score (nSPS) is 22.1. The van der Waals surface area contributed by atoms with Crippen molar-refractivity contribution in [3.8, 4) is 5.75 Å². The van der Waals surface area contributed by atoms with E-state index >= 15 is 0 Å². The second kappa shape index (κ2) is 11.0. The molecule has 3 amide bonds. The SMILES string of the molecule is CCC1(C)Oc2cc(Cl)c(C(=O)N(C(C)C)[C@@H]3CCCN(C(=O)O)C3)cc2N(CCCOC)C1=O. The maximum absolute atomic E-state index is 13.8. The Balaban J connectivity index is 2.00. The minimum atomic E-state index is -1.03. The first-order chi connectivity index (χ1) is 16.5. The van der Waals surface area contributed by atoms with Gasteiger partial charge in [0, 0.05) is 45.5 Å². The average molecular weight is 510 g/mol. The van der Waals surface area contributed by atoms with Crippen LogP contribution >= 0.6 is 11.6 Å². The van der Waals surface area contributed by atoms with Crippen LogP contribution in [0.2, 0.25) is 5.02 Å². The van der Waals surface area contributed by atoms with Crippen molar-refractivity contribution in [3.05, 3.63) is 22.7 Å². The van der Waals surface area contributed by atoms with Gasteiger partial charge in [0.15, 0.2) is 5.60 Å². The van der Waals surface area contributed by atoms with E-state index in [-0.39, 0.29) is 41.0 Å². The monoisotopic (exact) mass is 509 g/mol. The van der Waals surface area contributed by atoms with Crippen LogP contribution in [-0.4, -0.2) is 83.8 Å². The van der Waals surface area contributed by atoms with Crippen molar-refractivity contribution in [2.75, 3.05) is 38.3 Å². The van der Waals surface area contributed by atoms with Crippen LogP contribution in [0.15, 0.2) is 12.1 Å². The number of methoxy groups -OCH3 is 1. The number of nitrogens with zero attached hydrogens (tertiary/aromatic N) is 3. The Morgan fingerprint density at radius 1 is 1.37 bits per heavy atom. The van der Waals surface area contributed by atoms with Crippen LogP contribution in [0.1, 0.15) is 63.7 Å². The first-order valence-electron chi connectivity index (χ1n) is 12.2. The number of ether oxygens (including phenoxy) is 2. The number of piperidine rings is 1. The fraction of sp³-hybridized carbons (Fsp3) is 0.640. The standard InChI is InChI=1S/C25H36ClN3O6/c1-6-25(4)23(31)28(11-8-12-34-5)20-13-18(19(26)14-21(20)35-25)22(30)29(16(2)3)17-9-7-10-27(15-17)24(32)33/h13-14,16-17H,6-12,15H2,1-5H3,(H,32,33)/t17-,25?/m1/s1. The molecular formula is C25H36ClN3O6. The number of fused-ring (bicyclic) bond motifs is 1. The molecule has 0 aliphatic carbocycles. The molecule has 1 unspecified atom stereocenters. The molecule has 0 bridgehead atoms. The molecule has 1 aromatic rings. The molecular weight excluding hydrogens is 474 g/mol. The molecule has 1 aromatic carbocycles. The summed E-state index contributed by atoms with van der Waals surface area (Å²) in [6.07, 6.45) is 1.50. The minimum Gasteiger partial charge on any atom is -0.475 e. The van der Waals surface area contributed by atoms with Crippen LogP contribution in [0, 0.1) is 0 Å². The minimum absolute atomic E-state index is 0.172. The van der Waals surface area contributed by atoms with Gasteiger partial charge in [0.2, 0.25) is 0 Å². The Hall–Kier alpha value is -2.52. The molecule has 0 saturated carbocycles. The number of carboxylic acid groups (broad SMARTS) is 1. The molecule has 10 heteroatoms. The lowest BCUT2D eigenvalue weighted by atomic mass is 9.96. The average Bonchev–Trinajstić information content (AvgIpc) is 2.81. The molecule has 0 aromatic heterocycles. The van der Waals surface area contributed by atoms with Crippen molar-refractivity contribution < 1.29 is 29.0 Å². The maximum atomic E-state index is 13.8. The van der Waals surface area contributed by atoms with Crippen LogP contribution in [0.3, 0.4) is 0 Å². The number of amides is 3. The highest BCUT2D eigenvalue weighted by Gasteiger charge is 2.44. The molecule has 2 atom stereocenters. The Kier molecular flexibility index (Phi) is 8.54. The first-order valence-corrected chi connectivity index (χ1v) is 12.6. The van der Waals surface area contributed by atoms with Gasteiger partial charge < -0.3 is 29.3 Å². The van der Waals surface area contributed by atoms with E-state index in [1.54, 1.807) is 36.0 Å². The summed E-state index contributed by atoms with van der Waals surface area (Å²) in [7, 11) is 1.61. The van der Waals surface area contributed by atoms with Gasteiger partial charge >= 0.3 is 6.09 Å². The zero-order chi connectivity index (χ0) is 25.9. The van der Waals surface area contributed by atoms with E-state index < -0.39 is 11.7 Å². The molecule has 35 heavy (non-hydrogen) atoms. The van der Waals surface area contributed by atoms with E-state index in [4.69, 9.17) is 21.1 Å². The van der Waals surface area contributed by atoms with Crippen molar-refractivity contribution in [2.24, 2.45) is 0 Å². The molecule has 9 nitrogen and oxygen atoms in total. The Labute approximate surface area is 211 Å². The quantitative estimate of drug-likeness (QED) is 0.525. The summed E-state index contributed by atoms with van der Waals surface area (Å²) in [5.41, 5.74) is -0.259. The summed E-state index contributed by atoms with van der Waals surface area (Å²) in [4.78, 5) is 43.4. The molecule has 1 N–H and O–H groups in total. The zero-order valence-electron chi connectivity index (χ0n) is 21.2. The first kappa shape index (κ1) is 27.1. The molecule has 2 aliphatic heterocycles. The van der Waals surface area contributed by atoms with Gasteiger partial charge in [0.25, 0.3) is 11.8 Å². The van der Waals surface area contributed by atoms with E-state index in [2.05, 4.69) is 0 Å². The maximum Gasteiger partial charge on any atom is 0.407 e. The summed E-state index contributed by atoms with van der Waals surface area (Å²) >= 11 is 6.61. The number of likely N-dealkylation sites (tertiary alicyclic amines) is 1. The van der Waals surface area contributed by atoms with Crippen LogP contribution in [-0.2, 0) is 9.53 Å². The summed E-state index contributed by atoms with van der Waals surface area (Å²) in [5, 5.41) is 9.69. The number of benzene rings is 1. The van der Waals surface area contributed by atoms with E-state index in [1.807, 2.05) is 20.8 Å². The van der Waals surface area contributed by atoms with Gasteiger partial charge in [-0.05, 0) is 52.5 Å². The lowest BCUT2D eigenvalue weighted by Crippen LogP contribution is -2.55. The second-order valence-electron chi connectivity index (χ2n) is 9.62. The predicted octanol–water partition coefficient (Wildman–Crippen LogP) is 4.26. The second-order valence-corrected chi connectivity index (χ2v) is 10.0. The van der Waals surface area contributed by atoms with E-state index in [0.717, 1.165) is 0 Å². The summed E-state index contributed by atoms with van der Waals surface area (Å²) in [6, 6.07) is 2.80. The van der Waals surface area contributed by atoms with Crippen molar-refractivity contribution in [2.45, 2.75) is 71.1 Å². The Morgan fingerprint density at radius 2 is 2.09 bits per heavy atom. The molecule has 0 radical (unpaired) electrons. The van der Waals surface area contributed by atoms with Crippen LogP contribution in [0.5, 0.6) is 5.75 Å². The molecule has 2 heterocycles. The number of hydrogen-bond donors (Lipinski definition) is 1. The molecule has 1 fully saturated rings. The molecule has 3 rings (SSSR count). The Morgan fingerprint density at radius 3 is 2.69 bits per heavy atom. The molecule has 2 aliphatic rings. The number of carbonyl (C=O) groups excluding carboxylic acids is 2. The highest BCUT2D eigenvalue weighted by atomic mass is 35.5. The summed E-state index contributed by atoms with van der Waals surface area (Å²) in [5.74, 6) is -0.00805. The van der Waals surface area contributed by atoms with Crippen molar-refractivity contribution >= 4 is 35.2 Å². The molecule has 0 spiro atoms. The van der Waals surface area contributed by atoms with Gasteiger partial charge in [-0.15, -0.1) is 0 Å². The van der Waals surface area contributed by atoms with Crippen LogP contribution < -0.4 is 9.64 Å². The third kappa shape index (κ3) is 5.51. The topological polar surface area (TPSA) is 99.6 Å². The largest absolute Gasteiger partial charge is 0.475 e. The highest BCUT2D eigenvalue weighted by Crippen LogP contribution is 2.42.